The second-order valence-corrected chi connectivity index (χ2v) is 3.81. The summed E-state index contributed by atoms with van der Waals surface area (Å²) in [4.78, 5) is 4.20. The fourth-order valence-corrected chi connectivity index (χ4v) is 1.40. The van der Waals surface area contributed by atoms with Crippen LogP contribution in [-0.4, -0.2) is 4.98 Å². The maximum absolute atomic E-state index is 12.9. The number of halogens is 2. The largest absolute Gasteiger partial charge is 0.379 e. The molecule has 0 saturated heterocycles. The Morgan fingerprint density at radius 1 is 1.12 bits per heavy atom. The lowest BCUT2D eigenvalue weighted by Gasteiger charge is -2.06. The lowest BCUT2D eigenvalue weighted by molar-refractivity contribution is 0.509. The lowest BCUT2D eigenvalue weighted by atomic mass is 10.2. The molecule has 0 bridgehead atoms. The van der Waals surface area contributed by atoms with Gasteiger partial charge in [0.25, 0.3) is 0 Å². The van der Waals surface area contributed by atoms with Gasteiger partial charge in [0.15, 0.2) is 11.6 Å². The zero-order valence-electron chi connectivity index (χ0n) is 9.37. The number of benzene rings is 1. The van der Waals surface area contributed by atoms with Crippen LogP contribution in [0, 0.1) is 18.6 Å². The number of rotatable bonds is 3. The maximum Gasteiger partial charge on any atom is 0.160 e. The van der Waals surface area contributed by atoms with Gasteiger partial charge in [-0.15, -0.1) is 0 Å². The van der Waals surface area contributed by atoms with Crippen molar-refractivity contribution in [1.29, 1.82) is 0 Å². The van der Waals surface area contributed by atoms with E-state index in [-0.39, 0.29) is 0 Å². The Hall–Kier alpha value is -1.97. The zero-order chi connectivity index (χ0) is 12.3. The van der Waals surface area contributed by atoms with Crippen molar-refractivity contribution in [1.82, 2.24) is 4.98 Å². The summed E-state index contributed by atoms with van der Waals surface area (Å²) in [6.45, 7) is 2.44. The molecular weight excluding hydrogens is 222 g/mol. The van der Waals surface area contributed by atoms with E-state index in [0.717, 1.165) is 23.4 Å². The van der Waals surface area contributed by atoms with E-state index < -0.39 is 11.6 Å². The first-order valence-electron chi connectivity index (χ1n) is 5.25. The topological polar surface area (TPSA) is 24.9 Å². The van der Waals surface area contributed by atoms with Crippen molar-refractivity contribution in [2.75, 3.05) is 5.32 Å². The minimum Gasteiger partial charge on any atom is -0.379 e. The third kappa shape index (κ3) is 3.00. The van der Waals surface area contributed by atoms with Gasteiger partial charge in [0.2, 0.25) is 0 Å². The van der Waals surface area contributed by atoms with Crippen molar-refractivity contribution in [2.24, 2.45) is 0 Å². The molecule has 0 unspecified atom stereocenters. The van der Waals surface area contributed by atoms with Crippen molar-refractivity contribution < 1.29 is 8.78 Å². The zero-order valence-corrected chi connectivity index (χ0v) is 9.37. The van der Waals surface area contributed by atoms with Crippen LogP contribution in [0.3, 0.4) is 0 Å². The molecular formula is C13H12F2N2. The lowest BCUT2D eigenvalue weighted by Crippen LogP contribution is -2.02. The van der Waals surface area contributed by atoms with Crippen LogP contribution in [0.15, 0.2) is 36.5 Å². The Morgan fingerprint density at radius 2 is 1.94 bits per heavy atom. The van der Waals surface area contributed by atoms with E-state index in [1.807, 2.05) is 19.1 Å². The molecule has 0 aliphatic carbocycles. The number of pyridine rings is 1. The van der Waals surface area contributed by atoms with Crippen molar-refractivity contribution in [2.45, 2.75) is 13.5 Å². The van der Waals surface area contributed by atoms with Crippen LogP contribution < -0.4 is 5.32 Å². The number of anilines is 1. The van der Waals surface area contributed by atoms with E-state index in [1.54, 1.807) is 6.20 Å². The average molecular weight is 234 g/mol. The van der Waals surface area contributed by atoms with Crippen LogP contribution in [0.25, 0.3) is 0 Å². The second-order valence-electron chi connectivity index (χ2n) is 3.81. The SMILES string of the molecule is Cc1ccc(CNc2ccc(F)c(F)c2)nc1. The smallest absolute Gasteiger partial charge is 0.160 e. The third-order valence-corrected chi connectivity index (χ3v) is 2.37. The summed E-state index contributed by atoms with van der Waals surface area (Å²) in [7, 11) is 0. The first kappa shape index (κ1) is 11.5. The predicted molar refractivity (Wildman–Crippen MR) is 62.7 cm³/mol. The molecule has 0 saturated carbocycles. The fraction of sp³-hybridized carbons (Fsp3) is 0.154. The van der Waals surface area contributed by atoms with E-state index in [9.17, 15) is 8.78 Å². The minimum atomic E-state index is -0.855. The highest BCUT2D eigenvalue weighted by molar-refractivity contribution is 5.43. The Labute approximate surface area is 98.3 Å². The Morgan fingerprint density at radius 3 is 2.59 bits per heavy atom. The highest BCUT2D eigenvalue weighted by Crippen LogP contribution is 2.13. The van der Waals surface area contributed by atoms with Gasteiger partial charge in [-0.2, -0.15) is 0 Å². The first-order chi connectivity index (χ1) is 8.15. The van der Waals surface area contributed by atoms with Crippen LogP contribution in [0.2, 0.25) is 0 Å². The molecule has 2 aromatic rings. The van der Waals surface area contributed by atoms with Gasteiger partial charge in [-0.1, -0.05) is 6.07 Å². The molecule has 0 aliphatic rings. The normalized spacial score (nSPS) is 10.3. The summed E-state index contributed by atoms with van der Waals surface area (Å²) < 4.78 is 25.6. The van der Waals surface area contributed by atoms with Crippen LogP contribution in [0.5, 0.6) is 0 Å². The molecule has 0 radical (unpaired) electrons. The number of aryl methyl sites for hydroxylation is 1. The molecule has 17 heavy (non-hydrogen) atoms. The van der Waals surface area contributed by atoms with E-state index in [4.69, 9.17) is 0 Å². The highest BCUT2D eigenvalue weighted by Gasteiger charge is 2.02. The summed E-state index contributed by atoms with van der Waals surface area (Å²) in [5.41, 5.74) is 2.47. The van der Waals surface area contributed by atoms with Crippen LogP contribution in [0.4, 0.5) is 14.5 Å². The quantitative estimate of drug-likeness (QED) is 0.881. The van der Waals surface area contributed by atoms with Gasteiger partial charge < -0.3 is 5.32 Å². The standard InChI is InChI=1S/C13H12F2N2/c1-9-2-3-11(16-7-9)8-17-10-4-5-12(14)13(15)6-10/h2-7,17H,8H2,1H3. The second kappa shape index (κ2) is 4.91. The molecule has 0 spiro atoms. The molecule has 1 N–H and O–H groups in total. The molecule has 1 aromatic heterocycles. The molecule has 2 nitrogen and oxygen atoms in total. The third-order valence-electron chi connectivity index (χ3n) is 2.37. The van der Waals surface area contributed by atoms with Gasteiger partial charge in [-0.3, -0.25) is 4.98 Å². The molecule has 1 aromatic carbocycles. The van der Waals surface area contributed by atoms with Gasteiger partial charge in [0.1, 0.15) is 0 Å². The Bertz CT molecular complexity index is 509. The number of aromatic nitrogens is 1. The number of hydrogen-bond donors (Lipinski definition) is 1. The van der Waals surface area contributed by atoms with E-state index in [1.165, 1.54) is 6.07 Å². The highest BCUT2D eigenvalue weighted by atomic mass is 19.2. The van der Waals surface area contributed by atoms with Crippen molar-refractivity contribution in [3.8, 4) is 0 Å². The van der Waals surface area contributed by atoms with E-state index in [0.29, 0.717) is 12.2 Å². The van der Waals surface area contributed by atoms with Crippen LogP contribution >= 0.6 is 0 Å². The Kier molecular flexibility index (Phi) is 3.32. The van der Waals surface area contributed by atoms with E-state index >= 15 is 0 Å². The summed E-state index contributed by atoms with van der Waals surface area (Å²) in [5.74, 6) is -1.70. The van der Waals surface area contributed by atoms with Gasteiger partial charge >= 0.3 is 0 Å². The van der Waals surface area contributed by atoms with Gasteiger partial charge in [-0.25, -0.2) is 8.78 Å². The molecule has 2 rings (SSSR count). The molecule has 0 amide bonds. The van der Waals surface area contributed by atoms with Crippen LogP contribution in [0.1, 0.15) is 11.3 Å². The minimum absolute atomic E-state index is 0.478. The molecule has 1 heterocycles. The number of nitrogens with zero attached hydrogens (tertiary/aromatic N) is 1. The average Bonchev–Trinajstić information content (AvgIpc) is 2.33. The molecule has 0 atom stereocenters. The van der Waals surface area contributed by atoms with Gasteiger partial charge in [-0.05, 0) is 30.7 Å². The monoisotopic (exact) mass is 234 g/mol. The van der Waals surface area contributed by atoms with Crippen molar-refractivity contribution >= 4 is 5.69 Å². The van der Waals surface area contributed by atoms with Crippen molar-refractivity contribution in [3.63, 3.8) is 0 Å². The van der Waals surface area contributed by atoms with E-state index in [2.05, 4.69) is 10.3 Å². The summed E-state index contributed by atoms with van der Waals surface area (Å²) >= 11 is 0. The number of hydrogen-bond acceptors (Lipinski definition) is 2. The summed E-state index contributed by atoms with van der Waals surface area (Å²) in [5, 5.41) is 2.98. The van der Waals surface area contributed by atoms with Crippen LogP contribution in [-0.2, 0) is 6.54 Å². The summed E-state index contributed by atoms with van der Waals surface area (Å²) in [6.07, 6.45) is 1.77. The molecule has 0 fully saturated rings. The first-order valence-corrected chi connectivity index (χ1v) is 5.25. The predicted octanol–water partition coefficient (Wildman–Crippen LogP) is 3.28. The maximum atomic E-state index is 12.9. The molecule has 4 heteroatoms. The number of nitrogens with one attached hydrogen (secondary N) is 1. The van der Waals surface area contributed by atoms with Crippen molar-refractivity contribution in [3.05, 3.63) is 59.4 Å². The molecule has 88 valence electrons. The van der Waals surface area contributed by atoms with Gasteiger partial charge in [0.05, 0.1) is 12.2 Å². The van der Waals surface area contributed by atoms with Gasteiger partial charge in [0, 0.05) is 18.0 Å². The summed E-state index contributed by atoms with van der Waals surface area (Å²) in [6, 6.07) is 7.56. The Balaban J connectivity index is 2.02. The molecule has 0 aliphatic heterocycles. The fourth-order valence-electron chi connectivity index (χ4n) is 1.40.